The average Bonchev–Trinajstić information content (AvgIpc) is 3.26. The van der Waals surface area contributed by atoms with Gasteiger partial charge in [0, 0.05) is 24.6 Å². The molecule has 1 saturated heterocycles. The third-order valence-electron chi connectivity index (χ3n) is 4.10. The van der Waals surface area contributed by atoms with Crippen LogP contribution in [0.2, 0.25) is 15.1 Å². The normalized spacial score (nSPS) is 17.0. The van der Waals surface area contributed by atoms with Crippen LogP contribution in [0.15, 0.2) is 29.6 Å². The van der Waals surface area contributed by atoms with Crippen molar-refractivity contribution in [3.8, 4) is 0 Å². The molecular formula is C18H19Cl3N2O2S. The lowest BCUT2D eigenvalue weighted by Gasteiger charge is -2.24. The van der Waals surface area contributed by atoms with Gasteiger partial charge in [0.15, 0.2) is 0 Å². The quantitative estimate of drug-likeness (QED) is 0.600. The fourth-order valence-corrected chi connectivity index (χ4v) is 4.24. The minimum Gasteiger partial charge on any atom is -0.377 e. The maximum Gasteiger partial charge on any atom is 0.238 e. The Hall–Kier alpha value is -0.820. The number of halogens is 3. The van der Waals surface area contributed by atoms with E-state index < -0.39 is 0 Å². The molecule has 0 bridgehead atoms. The van der Waals surface area contributed by atoms with Gasteiger partial charge in [0.2, 0.25) is 5.91 Å². The lowest BCUT2D eigenvalue weighted by Crippen LogP contribution is -2.37. The Morgan fingerprint density at radius 1 is 1.27 bits per heavy atom. The standard InChI is InChI=1S/C18H19Cl3N2O2S/c19-14-7-16(21)17(8-15(14)20)22-18(24)11-23(9-12-3-1-5-25-12)10-13-4-2-6-26-13/h2,4,6-8,12H,1,3,5,9-11H2,(H,22,24). The number of hydrogen-bond donors (Lipinski definition) is 1. The van der Waals surface area contributed by atoms with E-state index in [1.807, 2.05) is 11.4 Å². The molecule has 1 aliphatic rings. The number of hydrogen-bond acceptors (Lipinski definition) is 4. The highest BCUT2D eigenvalue weighted by Gasteiger charge is 2.21. The van der Waals surface area contributed by atoms with E-state index in [0.717, 1.165) is 26.0 Å². The third kappa shape index (κ3) is 5.59. The van der Waals surface area contributed by atoms with E-state index in [-0.39, 0.29) is 18.6 Å². The first kappa shape index (κ1) is 19.9. The molecule has 4 nitrogen and oxygen atoms in total. The maximum atomic E-state index is 12.5. The summed E-state index contributed by atoms with van der Waals surface area (Å²) in [5, 5.41) is 5.92. The smallest absolute Gasteiger partial charge is 0.238 e. The second-order valence-electron chi connectivity index (χ2n) is 6.18. The molecule has 1 fully saturated rings. The number of amides is 1. The highest BCUT2D eigenvalue weighted by molar-refractivity contribution is 7.09. The molecule has 2 aromatic rings. The van der Waals surface area contributed by atoms with Crippen molar-refractivity contribution < 1.29 is 9.53 Å². The summed E-state index contributed by atoms with van der Waals surface area (Å²) in [4.78, 5) is 15.9. The van der Waals surface area contributed by atoms with Crippen LogP contribution >= 0.6 is 46.1 Å². The second-order valence-corrected chi connectivity index (χ2v) is 8.43. The van der Waals surface area contributed by atoms with E-state index in [0.29, 0.717) is 27.3 Å². The number of nitrogens with zero attached hydrogens (tertiary/aromatic N) is 1. The molecule has 140 valence electrons. The topological polar surface area (TPSA) is 41.6 Å². The predicted molar refractivity (Wildman–Crippen MR) is 109 cm³/mol. The van der Waals surface area contributed by atoms with Crippen LogP contribution in [0.3, 0.4) is 0 Å². The van der Waals surface area contributed by atoms with Crippen molar-refractivity contribution in [2.75, 3.05) is 25.0 Å². The molecule has 8 heteroatoms. The molecule has 0 aliphatic carbocycles. The number of carbonyl (C=O) groups is 1. The highest BCUT2D eigenvalue weighted by atomic mass is 35.5. The van der Waals surface area contributed by atoms with Gasteiger partial charge in [-0.25, -0.2) is 0 Å². The van der Waals surface area contributed by atoms with E-state index in [4.69, 9.17) is 39.5 Å². The van der Waals surface area contributed by atoms with Crippen molar-refractivity contribution in [3.63, 3.8) is 0 Å². The van der Waals surface area contributed by atoms with Crippen molar-refractivity contribution in [1.82, 2.24) is 4.90 Å². The van der Waals surface area contributed by atoms with Crippen LogP contribution in [-0.2, 0) is 16.1 Å². The summed E-state index contributed by atoms with van der Waals surface area (Å²) >= 11 is 19.8. The molecule has 0 saturated carbocycles. The summed E-state index contributed by atoms with van der Waals surface area (Å²) in [6.45, 7) is 2.47. The first-order valence-electron chi connectivity index (χ1n) is 8.32. The van der Waals surface area contributed by atoms with Gasteiger partial charge < -0.3 is 10.1 Å². The highest BCUT2D eigenvalue weighted by Crippen LogP contribution is 2.32. The Labute approximate surface area is 172 Å². The van der Waals surface area contributed by atoms with E-state index in [2.05, 4.69) is 16.3 Å². The summed E-state index contributed by atoms with van der Waals surface area (Å²) in [6, 6.07) is 7.17. The first-order chi connectivity index (χ1) is 12.5. The number of nitrogens with one attached hydrogen (secondary N) is 1. The Morgan fingerprint density at radius 3 is 2.77 bits per heavy atom. The molecule has 1 N–H and O–H groups in total. The van der Waals surface area contributed by atoms with Crippen LogP contribution in [0.1, 0.15) is 17.7 Å². The Morgan fingerprint density at radius 2 is 2.08 bits per heavy atom. The summed E-state index contributed by atoms with van der Waals surface area (Å²) in [6.07, 6.45) is 2.28. The molecule has 3 rings (SSSR count). The monoisotopic (exact) mass is 432 g/mol. The number of rotatable bonds is 7. The summed E-state index contributed by atoms with van der Waals surface area (Å²) < 4.78 is 5.73. The van der Waals surface area contributed by atoms with Crippen LogP contribution in [0.4, 0.5) is 5.69 Å². The summed E-state index contributed by atoms with van der Waals surface area (Å²) in [7, 11) is 0. The van der Waals surface area contributed by atoms with E-state index in [1.54, 1.807) is 17.4 Å². The van der Waals surface area contributed by atoms with Crippen molar-refractivity contribution in [3.05, 3.63) is 49.6 Å². The molecule has 1 aromatic heterocycles. The van der Waals surface area contributed by atoms with Gasteiger partial charge in [-0.15, -0.1) is 11.3 Å². The van der Waals surface area contributed by atoms with Gasteiger partial charge in [0.25, 0.3) is 0 Å². The van der Waals surface area contributed by atoms with E-state index in [1.165, 1.54) is 10.9 Å². The van der Waals surface area contributed by atoms with Gasteiger partial charge in [-0.1, -0.05) is 40.9 Å². The number of anilines is 1. The fourth-order valence-electron chi connectivity index (χ4n) is 2.90. The Balaban J connectivity index is 1.64. The van der Waals surface area contributed by atoms with Crippen molar-refractivity contribution >= 4 is 57.7 Å². The zero-order valence-electron chi connectivity index (χ0n) is 14.0. The molecule has 2 heterocycles. The number of ether oxygens (including phenoxy) is 1. The van der Waals surface area contributed by atoms with Gasteiger partial charge in [-0.05, 0) is 36.4 Å². The molecule has 1 aromatic carbocycles. The molecule has 0 spiro atoms. The van der Waals surface area contributed by atoms with Crippen LogP contribution < -0.4 is 5.32 Å². The minimum atomic E-state index is -0.153. The molecule has 1 aliphatic heterocycles. The van der Waals surface area contributed by atoms with E-state index in [9.17, 15) is 4.79 Å². The maximum absolute atomic E-state index is 12.5. The minimum absolute atomic E-state index is 0.153. The molecule has 1 unspecified atom stereocenters. The molecule has 26 heavy (non-hydrogen) atoms. The van der Waals surface area contributed by atoms with Gasteiger partial charge in [-0.2, -0.15) is 0 Å². The predicted octanol–water partition coefficient (Wildman–Crippen LogP) is 5.33. The van der Waals surface area contributed by atoms with Crippen molar-refractivity contribution in [2.24, 2.45) is 0 Å². The summed E-state index contributed by atoms with van der Waals surface area (Å²) in [5.74, 6) is -0.153. The largest absolute Gasteiger partial charge is 0.377 e. The van der Waals surface area contributed by atoms with Gasteiger partial charge in [0.1, 0.15) is 0 Å². The van der Waals surface area contributed by atoms with Crippen LogP contribution in [-0.4, -0.2) is 36.6 Å². The fraction of sp³-hybridized carbons (Fsp3) is 0.389. The zero-order valence-corrected chi connectivity index (χ0v) is 17.1. The van der Waals surface area contributed by atoms with E-state index >= 15 is 0 Å². The zero-order chi connectivity index (χ0) is 18.5. The molecule has 1 atom stereocenters. The second kappa shape index (κ2) is 9.40. The molecular weight excluding hydrogens is 415 g/mol. The molecule has 0 radical (unpaired) electrons. The van der Waals surface area contributed by atoms with Crippen molar-refractivity contribution in [1.29, 1.82) is 0 Å². The Kier molecular flexibility index (Phi) is 7.20. The van der Waals surface area contributed by atoms with Gasteiger partial charge in [0.05, 0.1) is 33.4 Å². The van der Waals surface area contributed by atoms with Crippen LogP contribution in [0.5, 0.6) is 0 Å². The first-order valence-corrected chi connectivity index (χ1v) is 10.3. The summed E-state index contributed by atoms with van der Waals surface area (Å²) in [5.41, 5.74) is 0.458. The number of thiophene rings is 1. The van der Waals surface area contributed by atoms with Gasteiger partial charge >= 0.3 is 0 Å². The lowest BCUT2D eigenvalue weighted by molar-refractivity contribution is -0.117. The third-order valence-corrected chi connectivity index (χ3v) is 5.99. The Bertz CT molecular complexity index is 749. The van der Waals surface area contributed by atoms with Gasteiger partial charge in [-0.3, -0.25) is 9.69 Å². The van der Waals surface area contributed by atoms with Crippen molar-refractivity contribution in [2.45, 2.75) is 25.5 Å². The average molecular weight is 434 g/mol. The molecule has 1 amide bonds. The SMILES string of the molecule is O=C(CN(Cc1cccs1)CC1CCCO1)Nc1cc(Cl)c(Cl)cc1Cl. The van der Waals surface area contributed by atoms with Crippen LogP contribution in [0, 0.1) is 0 Å². The number of carbonyl (C=O) groups excluding carboxylic acids is 1. The van der Waals surface area contributed by atoms with Crippen LogP contribution in [0.25, 0.3) is 0 Å². The lowest BCUT2D eigenvalue weighted by atomic mass is 10.2. The number of benzene rings is 1.